The van der Waals surface area contributed by atoms with Crippen molar-refractivity contribution in [2.75, 3.05) is 6.54 Å². The van der Waals surface area contributed by atoms with E-state index in [0.717, 1.165) is 13.0 Å². The van der Waals surface area contributed by atoms with E-state index in [4.69, 9.17) is 16.1 Å². The largest absolute Gasteiger partial charge is 0.339 e. The summed E-state index contributed by atoms with van der Waals surface area (Å²) in [6.07, 6.45) is 1.63. The predicted molar refractivity (Wildman–Crippen MR) is 76.2 cm³/mol. The van der Waals surface area contributed by atoms with Crippen LogP contribution in [0.4, 0.5) is 4.39 Å². The van der Waals surface area contributed by atoms with Gasteiger partial charge in [0.25, 0.3) is 0 Å². The van der Waals surface area contributed by atoms with Crippen LogP contribution in [0, 0.1) is 5.82 Å². The van der Waals surface area contributed by atoms with Crippen LogP contribution in [0.15, 0.2) is 22.7 Å². The fraction of sp³-hybridized carbons (Fsp3) is 0.429. The Hall–Kier alpha value is -1.46. The Morgan fingerprint density at radius 1 is 1.40 bits per heavy atom. The van der Waals surface area contributed by atoms with Crippen molar-refractivity contribution in [2.45, 2.75) is 32.7 Å². The Balaban J connectivity index is 1.96. The maximum atomic E-state index is 13.1. The Labute approximate surface area is 122 Å². The summed E-state index contributed by atoms with van der Waals surface area (Å²) in [4.78, 5) is 4.28. The van der Waals surface area contributed by atoms with Gasteiger partial charge in [0, 0.05) is 18.0 Å². The summed E-state index contributed by atoms with van der Waals surface area (Å²) in [6.45, 7) is 5.10. The van der Waals surface area contributed by atoms with Crippen LogP contribution in [0.2, 0.25) is 5.02 Å². The summed E-state index contributed by atoms with van der Waals surface area (Å²) in [5.41, 5.74) is 0.645. The molecule has 0 spiro atoms. The maximum absolute atomic E-state index is 13.1. The van der Waals surface area contributed by atoms with Crippen LogP contribution in [0.5, 0.6) is 0 Å². The van der Waals surface area contributed by atoms with Crippen LogP contribution in [-0.4, -0.2) is 22.7 Å². The second-order valence-electron chi connectivity index (χ2n) is 4.85. The molecule has 4 nitrogen and oxygen atoms in total. The quantitative estimate of drug-likeness (QED) is 0.830. The van der Waals surface area contributed by atoms with Crippen molar-refractivity contribution in [3.05, 3.63) is 34.9 Å². The Morgan fingerprint density at radius 2 is 2.20 bits per heavy atom. The standard InChI is InChI=1S/C14H17ClFN3O/c1-9(2)17-7-3-4-13-18-14(19-20-13)10-5-6-12(16)11(15)8-10/h5-6,8-9,17H,3-4,7H2,1-2H3. The molecule has 1 aromatic heterocycles. The smallest absolute Gasteiger partial charge is 0.227 e. The molecule has 0 saturated heterocycles. The molecule has 20 heavy (non-hydrogen) atoms. The van der Waals surface area contributed by atoms with Gasteiger partial charge >= 0.3 is 0 Å². The molecule has 1 aromatic carbocycles. The summed E-state index contributed by atoms with van der Waals surface area (Å²) >= 11 is 5.73. The lowest BCUT2D eigenvalue weighted by atomic mass is 10.2. The van der Waals surface area contributed by atoms with Gasteiger partial charge in [-0.15, -0.1) is 0 Å². The summed E-state index contributed by atoms with van der Waals surface area (Å²) in [6, 6.07) is 4.83. The van der Waals surface area contributed by atoms with Crippen molar-refractivity contribution in [1.82, 2.24) is 15.5 Å². The molecule has 0 amide bonds. The van der Waals surface area contributed by atoms with E-state index in [0.29, 0.717) is 29.7 Å². The third-order valence-electron chi connectivity index (χ3n) is 2.77. The highest BCUT2D eigenvalue weighted by Crippen LogP contribution is 2.22. The van der Waals surface area contributed by atoms with Gasteiger partial charge in [-0.05, 0) is 31.2 Å². The van der Waals surface area contributed by atoms with Crippen molar-refractivity contribution in [3.63, 3.8) is 0 Å². The van der Waals surface area contributed by atoms with E-state index in [1.807, 2.05) is 0 Å². The second kappa shape index (κ2) is 6.81. The van der Waals surface area contributed by atoms with E-state index in [1.165, 1.54) is 12.1 Å². The summed E-state index contributed by atoms with van der Waals surface area (Å²) in [5.74, 6) is 0.545. The van der Waals surface area contributed by atoms with E-state index in [1.54, 1.807) is 6.07 Å². The second-order valence-corrected chi connectivity index (χ2v) is 5.26. The van der Waals surface area contributed by atoms with Gasteiger partial charge in [-0.25, -0.2) is 4.39 Å². The Bertz CT molecular complexity index is 571. The van der Waals surface area contributed by atoms with E-state index >= 15 is 0 Å². The molecule has 1 N–H and O–H groups in total. The average molecular weight is 298 g/mol. The van der Waals surface area contributed by atoms with Crippen molar-refractivity contribution in [3.8, 4) is 11.4 Å². The Kier molecular flexibility index (Phi) is 5.09. The van der Waals surface area contributed by atoms with Crippen molar-refractivity contribution >= 4 is 11.6 Å². The molecule has 2 aromatic rings. The fourth-order valence-corrected chi connectivity index (χ4v) is 1.92. The SMILES string of the molecule is CC(C)NCCCc1nc(-c2ccc(F)c(Cl)c2)no1. The third kappa shape index (κ3) is 4.02. The number of hydrogen-bond donors (Lipinski definition) is 1. The molecule has 0 unspecified atom stereocenters. The lowest BCUT2D eigenvalue weighted by molar-refractivity contribution is 0.374. The molecular formula is C14H17ClFN3O. The number of aromatic nitrogens is 2. The van der Waals surface area contributed by atoms with Crippen LogP contribution >= 0.6 is 11.6 Å². The molecule has 6 heteroatoms. The van der Waals surface area contributed by atoms with Gasteiger partial charge in [0.15, 0.2) is 0 Å². The minimum absolute atomic E-state index is 0.0509. The van der Waals surface area contributed by atoms with Gasteiger partial charge in [0.1, 0.15) is 5.82 Å². The normalized spacial score (nSPS) is 11.2. The van der Waals surface area contributed by atoms with Gasteiger partial charge in [-0.2, -0.15) is 4.98 Å². The van der Waals surface area contributed by atoms with Gasteiger partial charge < -0.3 is 9.84 Å². The summed E-state index contributed by atoms with van der Waals surface area (Å²) < 4.78 is 18.3. The summed E-state index contributed by atoms with van der Waals surface area (Å²) in [5, 5.41) is 7.25. The van der Waals surface area contributed by atoms with E-state index in [-0.39, 0.29) is 5.02 Å². The highest BCUT2D eigenvalue weighted by Gasteiger charge is 2.10. The minimum atomic E-state index is -0.459. The first-order valence-corrected chi connectivity index (χ1v) is 6.95. The van der Waals surface area contributed by atoms with E-state index in [2.05, 4.69) is 29.3 Å². The fourth-order valence-electron chi connectivity index (χ4n) is 1.74. The molecule has 0 bridgehead atoms. The maximum Gasteiger partial charge on any atom is 0.227 e. The molecule has 0 radical (unpaired) electrons. The molecular weight excluding hydrogens is 281 g/mol. The lowest BCUT2D eigenvalue weighted by Crippen LogP contribution is -2.23. The van der Waals surface area contributed by atoms with Crippen LogP contribution in [0.1, 0.15) is 26.2 Å². The average Bonchev–Trinajstić information content (AvgIpc) is 2.86. The topological polar surface area (TPSA) is 51.0 Å². The molecule has 2 rings (SSSR count). The zero-order valence-corrected chi connectivity index (χ0v) is 12.2. The monoisotopic (exact) mass is 297 g/mol. The number of halogens is 2. The lowest BCUT2D eigenvalue weighted by Gasteiger charge is -2.05. The first-order chi connectivity index (χ1) is 9.56. The third-order valence-corrected chi connectivity index (χ3v) is 3.06. The molecule has 0 aliphatic rings. The number of nitrogens with one attached hydrogen (secondary N) is 1. The number of nitrogens with zero attached hydrogens (tertiary/aromatic N) is 2. The molecule has 0 atom stereocenters. The van der Waals surface area contributed by atoms with E-state index in [9.17, 15) is 4.39 Å². The minimum Gasteiger partial charge on any atom is -0.339 e. The van der Waals surface area contributed by atoms with E-state index < -0.39 is 5.82 Å². The van der Waals surface area contributed by atoms with Gasteiger partial charge in [-0.1, -0.05) is 30.6 Å². The molecule has 1 heterocycles. The number of aryl methyl sites for hydroxylation is 1. The molecule has 0 aliphatic heterocycles. The van der Waals surface area contributed by atoms with Crippen LogP contribution in [0.3, 0.4) is 0 Å². The number of benzene rings is 1. The first kappa shape index (κ1) is 14.9. The highest BCUT2D eigenvalue weighted by atomic mass is 35.5. The number of rotatable bonds is 6. The molecule has 108 valence electrons. The van der Waals surface area contributed by atoms with Crippen molar-refractivity contribution in [1.29, 1.82) is 0 Å². The summed E-state index contributed by atoms with van der Waals surface area (Å²) in [7, 11) is 0. The van der Waals surface area contributed by atoms with Crippen LogP contribution < -0.4 is 5.32 Å². The zero-order chi connectivity index (χ0) is 14.5. The predicted octanol–water partition coefficient (Wildman–Crippen LogP) is 3.46. The van der Waals surface area contributed by atoms with Crippen molar-refractivity contribution in [2.24, 2.45) is 0 Å². The highest BCUT2D eigenvalue weighted by molar-refractivity contribution is 6.31. The zero-order valence-electron chi connectivity index (χ0n) is 11.5. The Morgan fingerprint density at radius 3 is 2.90 bits per heavy atom. The molecule has 0 aliphatic carbocycles. The van der Waals surface area contributed by atoms with Gasteiger partial charge in [0.05, 0.1) is 5.02 Å². The van der Waals surface area contributed by atoms with Crippen molar-refractivity contribution < 1.29 is 8.91 Å². The van der Waals surface area contributed by atoms with Gasteiger partial charge in [0.2, 0.25) is 11.7 Å². The molecule has 0 saturated carbocycles. The van der Waals surface area contributed by atoms with Crippen LogP contribution in [0.25, 0.3) is 11.4 Å². The van der Waals surface area contributed by atoms with Gasteiger partial charge in [-0.3, -0.25) is 0 Å². The first-order valence-electron chi connectivity index (χ1n) is 6.57. The molecule has 0 fully saturated rings. The van der Waals surface area contributed by atoms with Crippen LogP contribution in [-0.2, 0) is 6.42 Å². The number of hydrogen-bond acceptors (Lipinski definition) is 4.